The van der Waals surface area contributed by atoms with Crippen molar-refractivity contribution >= 4 is 32.7 Å². The summed E-state index contributed by atoms with van der Waals surface area (Å²) in [5.41, 5.74) is 3.77. The third-order valence-electron chi connectivity index (χ3n) is 1.79. The average Bonchev–Trinajstić information content (AvgIpc) is 2.42. The lowest BCUT2D eigenvalue weighted by Gasteiger charge is -2.12. The van der Waals surface area contributed by atoms with Gasteiger partial charge in [-0.3, -0.25) is 14.6 Å². The SMILES string of the molecule is C1=Cc2ccccc2ON1.N1PNPNP1. The highest BCUT2D eigenvalue weighted by Crippen LogP contribution is 2.23. The van der Waals surface area contributed by atoms with Gasteiger partial charge in [0.05, 0.1) is 0 Å². The van der Waals surface area contributed by atoms with Crippen LogP contribution in [0.5, 0.6) is 5.75 Å². The Morgan fingerprint density at radius 3 is 2.25 bits per heavy atom. The van der Waals surface area contributed by atoms with Crippen molar-refractivity contribution in [1.29, 1.82) is 0 Å². The zero-order chi connectivity index (χ0) is 11.1. The van der Waals surface area contributed by atoms with Crippen LogP contribution in [0, 0.1) is 0 Å². The number of para-hydroxylation sites is 1. The van der Waals surface area contributed by atoms with Crippen LogP contribution in [0.15, 0.2) is 30.5 Å². The molecule has 2 heterocycles. The Bertz CT molecular complexity index is 347. The van der Waals surface area contributed by atoms with Gasteiger partial charge in [0.25, 0.3) is 0 Å². The number of benzene rings is 1. The molecule has 5 nitrogen and oxygen atoms in total. The van der Waals surface area contributed by atoms with Gasteiger partial charge in [-0.1, -0.05) is 18.2 Å². The normalized spacial score (nSPS) is 21.8. The minimum absolute atomic E-state index is 0.764. The highest BCUT2D eigenvalue weighted by atomic mass is 31.2. The van der Waals surface area contributed by atoms with Gasteiger partial charge in [-0.25, -0.2) is 5.48 Å². The van der Waals surface area contributed by atoms with Crippen LogP contribution in [0.4, 0.5) is 0 Å². The largest absolute Gasteiger partial charge is 0.382 e. The molecule has 0 amide bonds. The van der Waals surface area contributed by atoms with Crippen molar-refractivity contribution in [3.63, 3.8) is 0 Å². The van der Waals surface area contributed by atoms with Crippen LogP contribution in [0.1, 0.15) is 5.56 Å². The quantitative estimate of drug-likeness (QED) is 0.544. The van der Waals surface area contributed by atoms with Gasteiger partial charge < -0.3 is 4.84 Å². The van der Waals surface area contributed by atoms with E-state index < -0.39 is 0 Å². The summed E-state index contributed by atoms with van der Waals surface area (Å²) in [6.07, 6.45) is 3.74. The topological polar surface area (TPSA) is 57.4 Å². The maximum Gasteiger partial charge on any atom is 0.162 e. The molecule has 1 saturated heterocycles. The van der Waals surface area contributed by atoms with Crippen LogP contribution in [-0.2, 0) is 0 Å². The van der Waals surface area contributed by atoms with E-state index in [9.17, 15) is 0 Å². The first-order valence-corrected chi connectivity index (χ1v) is 7.65. The maximum atomic E-state index is 5.09. The van der Waals surface area contributed by atoms with Crippen molar-refractivity contribution in [1.82, 2.24) is 20.1 Å². The van der Waals surface area contributed by atoms with Crippen LogP contribution in [0.2, 0.25) is 0 Å². The fourth-order valence-corrected chi connectivity index (χ4v) is 4.31. The molecule has 0 saturated carbocycles. The van der Waals surface area contributed by atoms with E-state index in [0.29, 0.717) is 0 Å². The molecule has 8 heteroatoms. The van der Waals surface area contributed by atoms with Gasteiger partial charge in [0.1, 0.15) is 0 Å². The van der Waals surface area contributed by atoms with Gasteiger partial charge in [-0.15, -0.1) is 0 Å². The molecule has 2 aliphatic rings. The third kappa shape index (κ3) is 3.95. The summed E-state index contributed by atoms with van der Waals surface area (Å²) < 4.78 is 0. The summed E-state index contributed by atoms with van der Waals surface area (Å²) in [4.78, 5) is 14.5. The summed E-state index contributed by atoms with van der Waals surface area (Å²) in [5.74, 6) is 0.880. The van der Waals surface area contributed by atoms with Crippen molar-refractivity contribution in [3.8, 4) is 5.75 Å². The van der Waals surface area contributed by atoms with E-state index in [2.05, 4.69) is 20.1 Å². The number of hydrogen-bond donors (Lipinski definition) is 4. The van der Waals surface area contributed by atoms with E-state index in [-0.39, 0.29) is 0 Å². The molecule has 16 heavy (non-hydrogen) atoms. The number of hydrogen-bond acceptors (Lipinski definition) is 5. The molecule has 0 spiro atoms. The average molecular weight is 274 g/mol. The molecule has 1 fully saturated rings. The predicted octanol–water partition coefficient (Wildman–Crippen LogP) is 1.85. The van der Waals surface area contributed by atoms with Crippen LogP contribution < -0.4 is 24.9 Å². The van der Waals surface area contributed by atoms with Crippen molar-refractivity contribution in [2.45, 2.75) is 0 Å². The molecule has 3 rings (SSSR count). The molecule has 0 bridgehead atoms. The summed E-state index contributed by atoms with van der Waals surface area (Å²) in [5, 5.41) is 0. The predicted molar refractivity (Wildman–Crippen MR) is 73.6 cm³/mol. The Balaban J connectivity index is 0.000000138. The Kier molecular flexibility index (Phi) is 5.44. The van der Waals surface area contributed by atoms with Crippen molar-refractivity contribution < 1.29 is 4.84 Å². The summed E-state index contributed by atoms with van der Waals surface area (Å²) in [7, 11) is 2.29. The molecule has 2 aliphatic heterocycles. The number of rotatable bonds is 0. The number of nitrogens with one attached hydrogen (secondary N) is 4. The van der Waals surface area contributed by atoms with Crippen molar-refractivity contribution in [2.75, 3.05) is 0 Å². The standard InChI is InChI=1S/C8H7NO.H6N3P3/c1-2-4-8-7(3-1)5-6-9-10-8;1-4-2-6-3-5-1/h1-6,9H;1-6H. The molecular formula is C8H13N4OP3. The number of fused-ring (bicyclic) bond motifs is 1. The molecule has 1 aromatic rings. The lowest BCUT2D eigenvalue weighted by atomic mass is 10.2. The van der Waals surface area contributed by atoms with E-state index >= 15 is 0 Å². The van der Waals surface area contributed by atoms with Crippen LogP contribution >= 0.6 is 26.6 Å². The molecule has 0 atom stereocenters. The molecule has 0 aliphatic carbocycles. The molecule has 0 unspecified atom stereocenters. The zero-order valence-electron chi connectivity index (χ0n) is 8.37. The molecular weight excluding hydrogens is 261 g/mol. The highest BCUT2D eigenvalue weighted by Gasteiger charge is 2.01. The van der Waals surface area contributed by atoms with Crippen molar-refractivity contribution in [3.05, 3.63) is 36.0 Å². The Labute approximate surface area is 99.8 Å². The van der Waals surface area contributed by atoms with Gasteiger partial charge in [0.15, 0.2) is 5.75 Å². The minimum atomic E-state index is 0.764. The maximum absolute atomic E-state index is 5.09. The molecule has 0 radical (unpaired) electrons. The summed E-state index contributed by atoms with van der Waals surface area (Å²) in [6.45, 7) is 0. The highest BCUT2D eigenvalue weighted by molar-refractivity contribution is 7.65. The van der Waals surface area contributed by atoms with E-state index in [1.165, 1.54) is 0 Å². The molecule has 86 valence electrons. The first kappa shape index (κ1) is 12.2. The van der Waals surface area contributed by atoms with Crippen LogP contribution in [-0.4, -0.2) is 0 Å². The molecule has 1 aromatic carbocycles. The second-order valence-electron chi connectivity index (χ2n) is 2.84. The first-order chi connectivity index (χ1) is 7.97. The van der Waals surface area contributed by atoms with Gasteiger partial charge in [-0.2, -0.15) is 0 Å². The molecule has 0 aromatic heterocycles. The Morgan fingerprint density at radius 2 is 1.62 bits per heavy atom. The minimum Gasteiger partial charge on any atom is -0.382 e. The monoisotopic (exact) mass is 274 g/mol. The fraction of sp³-hybridized carbons (Fsp3) is 0. The third-order valence-corrected chi connectivity index (χ3v) is 4.79. The fourth-order valence-electron chi connectivity index (χ4n) is 1.12. The van der Waals surface area contributed by atoms with Gasteiger partial charge in [0, 0.05) is 38.4 Å². The zero-order valence-corrected chi connectivity index (χ0v) is 11.4. The smallest absolute Gasteiger partial charge is 0.162 e. The lowest BCUT2D eigenvalue weighted by molar-refractivity contribution is 0.239. The Morgan fingerprint density at radius 1 is 0.938 bits per heavy atom. The van der Waals surface area contributed by atoms with E-state index in [0.717, 1.165) is 38.0 Å². The van der Waals surface area contributed by atoms with E-state index in [1.54, 1.807) is 6.20 Å². The first-order valence-electron chi connectivity index (χ1n) is 4.65. The molecule has 4 N–H and O–H groups in total. The lowest BCUT2D eigenvalue weighted by Crippen LogP contribution is -2.13. The van der Waals surface area contributed by atoms with Crippen LogP contribution in [0.3, 0.4) is 0 Å². The van der Waals surface area contributed by atoms with Crippen LogP contribution in [0.25, 0.3) is 6.08 Å². The second-order valence-corrected chi connectivity index (χ2v) is 6.59. The van der Waals surface area contributed by atoms with Gasteiger partial charge >= 0.3 is 0 Å². The van der Waals surface area contributed by atoms with E-state index in [1.807, 2.05) is 30.3 Å². The number of hydroxylamine groups is 1. The van der Waals surface area contributed by atoms with E-state index in [4.69, 9.17) is 4.84 Å². The van der Waals surface area contributed by atoms with Gasteiger partial charge in [-0.05, 0) is 12.1 Å². The van der Waals surface area contributed by atoms with Crippen molar-refractivity contribution in [2.24, 2.45) is 0 Å². The second kappa shape index (κ2) is 7.13. The summed E-state index contributed by atoms with van der Waals surface area (Å²) in [6, 6.07) is 7.86. The van der Waals surface area contributed by atoms with Gasteiger partial charge in [0.2, 0.25) is 0 Å². The Hall–Kier alpha value is -0.270. The summed E-state index contributed by atoms with van der Waals surface area (Å²) >= 11 is 0.